The minimum absolute atomic E-state index is 0.0371. The molecule has 1 aliphatic rings. The average molecular weight is 236 g/mol. The highest BCUT2D eigenvalue weighted by molar-refractivity contribution is 5.80. The highest BCUT2D eigenvalue weighted by Crippen LogP contribution is 2.33. The Morgan fingerprint density at radius 3 is 2.88 bits per heavy atom. The number of rotatable bonds is 3. The van der Waals surface area contributed by atoms with Gasteiger partial charge in [0, 0.05) is 25.0 Å². The quantitative estimate of drug-likeness (QED) is 0.848. The van der Waals surface area contributed by atoms with Gasteiger partial charge in [-0.25, -0.2) is 4.98 Å². The molecular formula is C12H20N4O. The molecule has 5 nitrogen and oxygen atoms in total. The molecule has 94 valence electrons. The summed E-state index contributed by atoms with van der Waals surface area (Å²) in [6.07, 6.45) is 4.04. The SMILES string of the molecule is CCn1cncc1C1C(N)CC(=O)N1C(C)C. The van der Waals surface area contributed by atoms with E-state index in [2.05, 4.69) is 16.5 Å². The number of imidazole rings is 1. The van der Waals surface area contributed by atoms with E-state index < -0.39 is 0 Å². The van der Waals surface area contributed by atoms with E-state index >= 15 is 0 Å². The van der Waals surface area contributed by atoms with E-state index in [1.54, 1.807) is 6.33 Å². The van der Waals surface area contributed by atoms with Crippen molar-refractivity contribution in [2.24, 2.45) is 5.73 Å². The fraction of sp³-hybridized carbons (Fsp3) is 0.667. The number of aryl methyl sites for hydroxylation is 1. The maximum atomic E-state index is 11.9. The van der Waals surface area contributed by atoms with E-state index in [4.69, 9.17) is 5.73 Å². The summed E-state index contributed by atoms with van der Waals surface area (Å²) in [6, 6.07) is -0.00175. The molecule has 0 radical (unpaired) electrons. The predicted octanol–water partition coefficient (Wildman–Crippen LogP) is 0.912. The lowest BCUT2D eigenvalue weighted by atomic mass is 10.1. The monoisotopic (exact) mass is 236 g/mol. The molecule has 0 bridgehead atoms. The summed E-state index contributed by atoms with van der Waals surface area (Å²) in [4.78, 5) is 18.0. The van der Waals surface area contributed by atoms with Crippen molar-refractivity contribution >= 4 is 5.91 Å². The molecule has 0 aromatic carbocycles. The standard InChI is InChI=1S/C12H20N4O/c1-4-15-7-14-6-10(15)12-9(13)5-11(17)16(12)8(2)3/h6-9,12H,4-5,13H2,1-3H3. The number of nitrogens with zero attached hydrogens (tertiary/aromatic N) is 3. The van der Waals surface area contributed by atoms with Crippen LogP contribution in [0.25, 0.3) is 0 Å². The van der Waals surface area contributed by atoms with Crippen molar-refractivity contribution in [1.29, 1.82) is 0 Å². The van der Waals surface area contributed by atoms with Gasteiger partial charge in [-0.2, -0.15) is 0 Å². The van der Waals surface area contributed by atoms with Gasteiger partial charge in [0.05, 0.1) is 24.3 Å². The Hall–Kier alpha value is -1.36. The van der Waals surface area contributed by atoms with Crippen LogP contribution in [0.4, 0.5) is 0 Å². The van der Waals surface area contributed by atoms with Crippen molar-refractivity contribution in [1.82, 2.24) is 14.5 Å². The normalized spacial score (nSPS) is 25.0. The summed E-state index contributed by atoms with van der Waals surface area (Å²) in [5, 5.41) is 0. The van der Waals surface area contributed by atoms with Crippen molar-refractivity contribution in [2.45, 2.75) is 51.9 Å². The molecule has 2 unspecified atom stereocenters. The lowest BCUT2D eigenvalue weighted by Crippen LogP contribution is -2.38. The first-order valence-electron chi connectivity index (χ1n) is 6.13. The Morgan fingerprint density at radius 1 is 1.59 bits per heavy atom. The van der Waals surface area contributed by atoms with Gasteiger partial charge in [0.15, 0.2) is 0 Å². The van der Waals surface area contributed by atoms with Crippen LogP contribution in [0.5, 0.6) is 0 Å². The van der Waals surface area contributed by atoms with E-state index in [-0.39, 0.29) is 24.0 Å². The van der Waals surface area contributed by atoms with Gasteiger partial charge in [-0.1, -0.05) is 0 Å². The maximum absolute atomic E-state index is 11.9. The van der Waals surface area contributed by atoms with Crippen molar-refractivity contribution < 1.29 is 4.79 Å². The van der Waals surface area contributed by atoms with Gasteiger partial charge in [0.2, 0.25) is 5.91 Å². The molecule has 1 amide bonds. The molecule has 0 spiro atoms. The van der Waals surface area contributed by atoms with Gasteiger partial charge < -0.3 is 15.2 Å². The summed E-state index contributed by atoms with van der Waals surface area (Å²) in [6.45, 7) is 6.96. The van der Waals surface area contributed by atoms with E-state index in [1.807, 2.05) is 24.9 Å². The Bertz CT molecular complexity index is 412. The number of hydrogen-bond acceptors (Lipinski definition) is 3. The summed E-state index contributed by atoms with van der Waals surface area (Å²) in [5.41, 5.74) is 7.15. The van der Waals surface area contributed by atoms with Crippen LogP contribution < -0.4 is 5.73 Å². The van der Waals surface area contributed by atoms with Crippen molar-refractivity contribution in [2.75, 3.05) is 0 Å². The lowest BCUT2D eigenvalue weighted by molar-refractivity contribution is -0.130. The van der Waals surface area contributed by atoms with E-state index in [0.717, 1.165) is 12.2 Å². The van der Waals surface area contributed by atoms with Gasteiger partial charge in [-0.15, -0.1) is 0 Å². The number of aromatic nitrogens is 2. The molecule has 1 fully saturated rings. The van der Waals surface area contributed by atoms with Crippen LogP contribution in [0.3, 0.4) is 0 Å². The number of nitrogens with two attached hydrogens (primary N) is 1. The smallest absolute Gasteiger partial charge is 0.225 e. The molecule has 2 N–H and O–H groups in total. The topological polar surface area (TPSA) is 64.2 Å². The van der Waals surface area contributed by atoms with Crippen molar-refractivity contribution in [3.8, 4) is 0 Å². The van der Waals surface area contributed by atoms with Gasteiger partial charge in [-0.05, 0) is 20.8 Å². The molecule has 2 atom stereocenters. The molecular weight excluding hydrogens is 216 g/mol. The zero-order chi connectivity index (χ0) is 12.6. The summed E-state index contributed by atoms with van der Waals surface area (Å²) in [7, 11) is 0. The fourth-order valence-electron chi connectivity index (χ4n) is 2.59. The zero-order valence-corrected chi connectivity index (χ0v) is 10.6. The molecule has 17 heavy (non-hydrogen) atoms. The van der Waals surface area contributed by atoms with E-state index in [9.17, 15) is 4.79 Å². The Morgan fingerprint density at radius 2 is 2.29 bits per heavy atom. The highest BCUT2D eigenvalue weighted by atomic mass is 16.2. The minimum Gasteiger partial charge on any atom is -0.333 e. The molecule has 2 rings (SSSR count). The first kappa shape index (κ1) is 12.1. The summed E-state index contributed by atoms with van der Waals surface area (Å²) < 4.78 is 2.05. The molecule has 1 aromatic heterocycles. The second-order valence-electron chi connectivity index (χ2n) is 4.81. The maximum Gasteiger partial charge on any atom is 0.225 e. The number of hydrogen-bond donors (Lipinski definition) is 1. The molecule has 0 saturated carbocycles. The Balaban J connectivity index is 2.38. The zero-order valence-electron chi connectivity index (χ0n) is 10.6. The van der Waals surface area contributed by atoms with E-state index in [0.29, 0.717) is 6.42 Å². The minimum atomic E-state index is -0.133. The second kappa shape index (κ2) is 4.49. The summed E-state index contributed by atoms with van der Waals surface area (Å²) >= 11 is 0. The number of amides is 1. The predicted molar refractivity (Wildman–Crippen MR) is 65.2 cm³/mol. The number of carbonyl (C=O) groups excluding carboxylic acids is 1. The lowest BCUT2D eigenvalue weighted by Gasteiger charge is -2.30. The highest BCUT2D eigenvalue weighted by Gasteiger charge is 2.41. The van der Waals surface area contributed by atoms with Gasteiger partial charge in [0.25, 0.3) is 0 Å². The van der Waals surface area contributed by atoms with Crippen LogP contribution >= 0.6 is 0 Å². The van der Waals surface area contributed by atoms with Crippen LogP contribution in [-0.2, 0) is 11.3 Å². The molecule has 0 aliphatic carbocycles. The molecule has 5 heteroatoms. The van der Waals surface area contributed by atoms with Crippen LogP contribution in [0, 0.1) is 0 Å². The Kier molecular flexibility index (Phi) is 3.19. The average Bonchev–Trinajstić information content (AvgIpc) is 2.81. The fourth-order valence-corrected chi connectivity index (χ4v) is 2.59. The number of likely N-dealkylation sites (tertiary alicyclic amines) is 1. The number of carbonyl (C=O) groups is 1. The third-order valence-corrected chi connectivity index (χ3v) is 3.35. The van der Waals surface area contributed by atoms with Gasteiger partial charge >= 0.3 is 0 Å². The van der Waals surface area contributed by atoms with Crippen molar-refractivity contribution in [3.63, 3.8) is 0 Å². The molecule has 1 aromatic rings. The summed E-state index contributed by atoms with van der Waals surface area (Å²) in [5.74, 6) is 0.140. The third kappa shape index (κ3) is 1.95. The van der Waals surface area contributed by atoms with Crippen LogP contribution in [0.2, 0.25) is 0 Å². The third-order valence-electron chi connectivity index (χ3n) is 3.35. The van der Waals surface area contributed by atoms with Gasteiger partial charge in [0.1, 0.15) is 0 Å². The van der Waals surface area contributed by atoms with Crippen LogP contribution in [0.15, 0.2) is 12.5 Å². The molecule has 1 saturated heterocycles. The second-order valence-corrected chi connectivity index (χ2v) is 4.81. The van der Waals surface area contributed by atoms with Gasteiger partial charge in [-0.3, -0.25) is 4.79 Å². The molecule has 2 heterocycles. The first-order valence-corrected chi connectivity index (χ1v) is 6.13. The first-order chi connectivity index (χ1) is 8.06. The molecule has 1 aliphatic heterocycles. The van der Waals surface area contributed by atoms with Crippen LogP contribution in [-0.4, -0.2) is 32.4 Å². The van der Waals surface area contributed by atoms with Crippen molar-refractivity contribution in [3.05, 3.63) is 18.2 Å². The van der Waals surface area contributed by atoms with Crippen LogP contribution in [0.1, 0.15) is 38.9 Å². The van der Waals surface area contributed by atoms with E-state index in [1.165, 1.54) is 0 Å². The Labute approximate surface area is 102 Å². The largest absolute Gasteiger partial charge is 0.333 e.